The molecule has 200 valence electrons. The minimum atomic E-state index is -1.42. The van der Waals surface area contributed by atoms with E-state index in [1.54, 1.807) is 0 Å². The molecule has 3 aliphatic rings. The number of carbonyl (C=O) groups excluding carboxylic acids is 3. The molecule has 4 heterocycles. The molecule has 0 saturated carbocycles. The minimum absolute atomic E-state index is 0.0376. The van der Waals surface area contributed by atoms with Gasteiger partial charge in [0.15, 0.2) is 18.4 Å². The number of rotatable bonds is 9. The number of anilines is 1. The maximum Gasteiger partial charge on any atom is 0.278 e. The first kappa shape index (κ1) is 25.9. The first-order valence-corrected chi connectivity index (χ1v) is 13.8. The van der Waals surface area contributed by atoms with E-state index >= 15 is 0 Å². The van der Waals surface area contributed by atoms with Crippen LogP contribution in [0.4, 0.5) is 5.13 Å². The number of carboxylic acid groups (broad SMARTS) is 1. The molecule has 1 fully saturated rings. The van der Waals surface area contributed by atoms with E-state index in [0.717, 1.165) is 37.2 Å². The molecule has 2 amide bonds. The molecule has 0 aromatic carbocycles. The van der Waals surface area contributed by atoms with E-state index in [9.17, 15) is 19.5 Å². The highest BCUT2D eigenvalue weighted by molar-refractivity contribution is 8.00. The van der Waals surface area contributed by atoms with Crippen LogP contribution in [-0.4, -0.2) is 66.2 Å². The molecule has 0 spiro atoms. The van der Waals surface area contributed by atoms with Crippen molar-refractivity contribution in [2.45, 2.75) is 43.6 Å². The highest BCUT2D eigenvalue weighted by Gasteiger charge is 2.53. The first-order chi connectivity index (χ1) is 18.3. The van der Waals surface area contributed by atoms with Gasteiger partial charge in [0.2, 0.25) is 11.5 Å². The summed E-state index contributed by atoms with van der Waals surface area (Å²) in [6.45, 7) is 3.90. The van der Waals surface area contributed by atoms with Crippen LogP contribution < -0.4 is 20.8 Å². The topological polar surface area (TPSA) is 172 Å². The van der Waals surface area contributed by atoms with Crippen LogP contribution in [0.15, 0.2) is 35.3 Å². The predicted octanol–water partition coefficient (Wildman–Crippen LogP) is -1.36. The second-order valence-electron chi connectivity index (χ2n) is 9.02. The number of β-lactam (4-membered cyclic amide) rings is 1. The molecule has 1 aliphatic carbocycles. The number of oxime groups is 1. The third-order valence-electron chi connectivity index (χ3n) is 6.60. The highest BCUT2D eigenvalue weighted by atomic mass is 32.2. The molecule has 3 N–H and O–H groups in total. The van der Waals surface area contributed by atoms with E-state index in [-0.39, 0.29) is 29.0 Å². The number of fused-ring (bicyclic) bond motifs is 2. The lowest BCUT2D eigenvalue weighted by molar-refractivity contribution is -0.753. The quantitative estimate of drug-likeness (QED) is 0.0941. The second-order valence-corrected chi connectivity index (χ2v) is 10.9. The van der Waals surface area contributed by atoms with Crippen molar-refractivity contribution in [2.75, 3.05) is 18.1 Å². The number of hydrogen-bond acceptors (Lipinski definition) is 11. The van der Waals surface area contributed by atoms with Crippen molar-refractivity contribution >= 4 is 51.9 Å². The van der Waals surface area contributed by atoms with Crippen LogP contribution in [0.25, 0.3) is 0 Å². The highest BCUT2D eigenvalue weighted by Crippen LogP contribution is 2.40. The van der Waals surface area contributed by atoms with Crippen LogP contribution in [0, 0.1) is 0 Å². The number of nitrogens with one attached hydrogen (secondary N) is 1. The van der Waals surface area contributed by atoms with Crippen molar-refractivity contribution < 1.29 is 29.0 Å². The van der Waals surface area contributed by atoms with Crippen molar-refractivity contribution in [3.8, 4) is 0 Å². The number of hydrogen-bond donors (Lipinski definition) is 2. The van der Waals surface area contributed by atoms with Gasteiger partial charge < -0.3 is 25.8 Å². The zero-order valence-corrected chi connectivity index (χ0v) is 22.2. The lowest BCUT2D eigenvalue weighted by Gasteiger charge is -2.50. The SMILES string of the molecule is C=CCON=C(C(=O)NC1C(=O)N2C(C(=O)[O-])=C(Cn3c4c(c[n+]3C)CCCC4)CS[C@H]12)c1nsc(N)n1. The molecule has 1 unspecified atom stereocenters. The molecular weight excluding hydrogens is 532 g/mol. The molecule has 5 rings (SSSR count). The number of amides is 2. The Balaban J connectivity index is 1.36. The van der Waals surface area contributed by atoms with E-state index in [0.29, 0.717) is 17.9 Å². The predicted molar refractivity (Wildman–Crippen MR) is 136 cm³/mol. The summed E-state index contributed by atoms with van der Waals surface area (Å²) in [5, 5.41) is 18.2. The van der Waals surface area contributed by atoms with Gasteiger partial charge in [-0.3, -0.25) is 14.5 Å². The van der Waals surface area contributed by atoms with Crippen molar-refractivity contribution in [3.63, 3.8) is 0 Å². The summed E-state index contributed by atoms with van der Waals surface area (Å²) in [4.78, 5) is 48.6. The fraction of sp³-hybridized carbons (Fsp3) is 0.435. The van der Waals surface area contributed by atoms with Crippen LogP contribution in [0.5, 0.6) is 0 Å². The average molecular weight is 559 g/mol. The molecule has 15 heteroatoms. The van der Waals surface area contributed by atoms with Gasteiger partial charge in [0.25, 0.3) is 11.8 Å². The van der Waals surface area contributed by atoms with Crippen molar-refractivity contribution in [2.24, 2.45) is 12.2 Å². The fourth-order valence-electron chi connectivity index (χ4n) is 4.89. The van der Waals surface area contributed by atoms with Gasteiger partial charge in [0.05, 0.1) is 17.4 Å². The van der Waals surface area contributed by atoms with E-state index in [1.807, 2.05) is 11.7 Å². The molecule has 13 nitrogen and oxygen atoms in total. The molecule has 0 bridgehead atoms. The van der Waals surface area contributed by atoms with E-state index in [2.05, 4.69) is 37.3 Å². The normalized spacial score (nSPS) is 20.9. The molecule has 1 saturated heterocycles. The monoisotopic (exact) mass is 558 g/mol. The maximum atomic E-state index is 13.1. The summed E-state index contributed by atoms with van der Waals surface area (Å²) in [6, 6.07) is -0.973. The summed E-state index contributed by atoms with van der Waals surface area (Å²) in [5.74, 6) is -2.40. The summed E-state index contributed by atoms with van der Waals surface area (Å²) >= 11 is 2.26. The third-order valence-corrected chi connectivity index (χ3v) is 8.48. The van der Waals surface area contributed by atoms with Crippen molar-refractivity contribution in [1.29, 1.82) is 0 Å². The zero-order chi connectivity index (χ0) is 27.0. The molecular formula is C23H26N8O5S2. The molecule has 38 heavy (non-hydrogen) atoms. The molecule has 2 aromatic heterocycles. The summed E-state index contributed by atoms with van der Waals surface area (Å²) in [5.41, 5.74) is 8.29. The molecule has 0 radical (unpaired) electrons. The van der Waals surface area contributed by atoms with Crippen molar-refractivity contribution in [1.82, 2.24) is 24.3 Å². The summed E-state index contributed by atoms with van der Waals surface area (Å²) in [7, 11) is 1.93. The average Bonchev–Trinajstić information content (AvgIpc) is 3.46. The Kier molecular flexibility index (Phi) is 7.21. The van der Waals surface area contributed by atoms with Gasteiger partial charge in [0.1, 0.15) is 24.6 Å². The zero-order valence-electron chi connectivity index (χ0n) is 20.6. The van der Waals surface area contributed by atoms with Gasteiger partial charge >= 0.3 is 0 Å². The standard InChI is InChI=1S/C23H26N8O5S2/c1-3-8-36-27-15(18-26-23(24)38-28-18)19(32)25-16-20(33)31-17(22(34)35)13(11-37-21(16)31)10-30-14-7-5-4-6-12(14)9-29(30)2/h3,9,16,21H,1,4-8,10-11H2,2H3,(H3-,24,25,26,28,32,34,35)/t16?,21-/m1/s1. The summed E-state index contributed by atoms with van der Waals surface area (Å²) in [6.07, 6.45) is 7.67. The maximum absolute atomic E-state index is 13.1. The van der Waals surface area contributed by atoms with Gasteiger partial charge in [-0.2, -0.15) is 14.0 Å². The lowest BCUT2D eigenvalue weighted by Crippen LogP contribution is -2.71. The van der Waals surface area contributed by atoms with E-state index in [4.69, 9.17) is 10.6 Å². The second kappa shape index (κ2) is 10.6. The number of aromatic nitrogens is 4. The number of nitrogens with two attached hydrogens (primary N) is 1. The molecule has 2 aromatic rings. The van der Waals surface area contributed by atoms with Gasteiger partial charge in [-0.15, -0.1) is 16.4 Å². The van der Waals surface area contributed by atoms with Crippen LogP contribution >= 0.6 is 23.3 Å². The van der Waals surface area contributed by atoms with Crippen LogP contribution in [0.2, 0.25) is 0 Å². The van der Waals surface area contributed by atoms with Crippen LogP contribution in [-0.2, 0) is 45.7 Å². The van der Waals surface area contributed by atoms with Gasteiger partial charge in [-0.25, -0.2) is 0 Å². The summed E-state index contributed by atoms with van der Waals surface area (Å²) < 4.78 is 8.04. The van der Waals surface area contributed by atoms with Crippen LogP contribution in [0.3, 0.4) is 0 Å². The Labute approximate surface area is 226 Å². The van der Waals surface area contributed by atoms with Gasteiger partial charge in [0, 0.05) is 22.8 Å². The Bertz CT molecular complexity index is 1380. The minimum Gasteiger partial charge on any atom is -0.543 e. The number of aliphatic carboxylic acids is 1. The largest absolute Gasteiger partial charge is 0.543 e. The Morgan fingerprint density at radius 1 is 1.42 bits per heavy atom. The van der Waals surface area contributed by atoms with Gasteiger partial charge in [-0.05, 0) is 31.3 Å². The fourth-order valence-corrected chi connectivity index (χ4v) is 6.66. The lowest BCUT2D eigenvalue weighted by atomic mass is 9.98. The first-order valence-electron chi connectivity index (χ1n) is 12.0. The van der Waals surface area contributed by atoms with Crippen LogP contribution in [0.1, 0.15) is 29.9 Å². The van der Waals surface area contributed by atoms with Gasteiger partial charge in [-0.1, -0.05) is 17.8 Å². The number of thioether (sulfide) groups is 1. The Morgan fingerprint density at radius 2 is 2.21 bits per heavy atom. The third kappa shape index (κ3) is 4.67. The number of nitrogen functional groups attached to an aromatic ring is 1. The molecule has 2 atom stereocenters. The number of carbonyl (C=O) groups is 3. The smallest absolute Gasteiger partial charge is 0.278 e. The number of aryl methyl sites for hydroxylation is 2. The van der Waals surface area contributed by atoms with E-state index < -0.39 is 29.2 Å². The number of carboxylic acids is 1. The van der Waals surface area contributed by atoms with E-state index in [1.165, 1.54) is 34.0 Å². The Hall–Kier alpha value is -3.72. The van der Waals surface area contributed by atoms with Crippen molar-refractivity contribution in [3.05, 3.63) is 47.2 Å². The number of nitrogens with zero attached hydrogens (tertiary/aromatic N) is 6. The Morgan fingerprint density at radius 3 is 2.92 bits per heavy atom. The molecule has 2 aliphatic heterocycles.